The number of methoxy groups -OCH3 is 1. The highest BCUT2D eigenvalue weighted by Crippen LogP contribution is 2.27. The lowest BCUT2D eigenvalue weighted by atomic mass is 9.97. The van der Waals surface area contributed by atoms with Gasteiger partial charge in [-0.15, -0.1) is 0 Å². The van der Waals surface area contributed by atoms with E-state index >= 15 is 0 Å². The number of sulfonamides is 1. The van der Waals surface area contributed by atoms with Crippen LogP contribution in [0, 0.1) is 5.92 Å². The van der Waals surface area contributed by atoms with Gasteiger partial charge in [0.25, 0.3) is 0 Å². The lowest BCUT2D eigenvalue weighted by molar-refractivity contribution is -0.120. The van der Waals surface area contributed by atoms with Gasteiger partial charge in [0.15, 0.2) is 0 Å². The fraction of sp³-hybridized carbons (Fsp3) is 0.300. The molecule has 1 saturated heterocycles. The molecule has 0 aliphatic carbocycles. The Morgan fingerprint density at radius 1 is 1.17 bits per heavy atom. The van der Waals surface area contributed by atoms with Crippen molar-refractivity contribution in [3.05, 3.63) is 48.7 Å². The van der Waals surface area contributed by atoms with Gasteiger partial charge in [-0.05, 0) is 66.8 Å². The molecule has 1 fully saturated rings. The molecule has 3 aromatic rings. The second kappa shape index (κ2) is 8.10. The van der Waals surface area contributed by atoms with Crippen LogP contribution in [0.1, 0.15) is 12.8 Å². The van der Waals surface area contributed by atoms with E-state index in [1.807, 2.05) is 18.2 Å². The number of ether oxygens (including phenoxy) is 1. The van der Waals surface area contributed by atoms with E-state index in [1.54, 1.807) is 30.5 Å². The van der Waals surface area contributed by atoms with Crippen LogP contribution in [0.25, 0.3) is 10.1 Å². The largest absolute Gasteiger partial charge is 0.497 e. The normalized spacial score (nSPS) is 16.0. The molecule has 9 heteroatoms. The Balaban J connectivity index is 1.38. The average Bonchev–Trinajstić information content (AvgIpc) is 3.22. The Kier molecular flexibility index (Phi) is 5.53. The van der Waals surface area contributed by atoms with Gasteiger partial charge in [0, 0.05) is 36.3 Å². The Bertz CT molecular complexity index is 1120. The van der Waals surface area contributed by atoms with Gasteiger partial charge in [-0.25, -0.2) is 8.42 Å². The third kappa shape index (κ3) is 4.12. The number of anilines is 1. The molecule has 0 atom stereocenters. The van der Waals surface area contributed by atoms with Crippen molar-refractivity contribution in [2.75, 3.05) is 25.5 Å². The summed E-state index contributed by atoms with van der Waals surface area (Å²) in [7, 11) is -2.04. The highest BCUT2D eigenvalue weighted by Gasteiger charge is 2.32. The van der Waals surface area contributed by atoms with Crippen LogP contribution < -0.4 is 10.1 Å². The maximum absolute atomic E-state index is 12.8. The molecule has 2 heterocycles. The molecule has 0 bridgehead atoms. The Morgan fingerprint density at radius 2 is 1.90 bits per heavy atom. The summed E-state index contributed by atoms with van der Waals surface area (Å²) in [6, 6.07) is 12.1. The van der Waals surface area contributed by atoms with Gasteiger partial charge >= 0.3 is 0 Å². The summed E-state index contributed by atoms with van der Waals surface area (Å²) in [6.45, 7) is 0.639. The molecule has 7 nitrogen and oxygen atoms in total. The average molecular weight is 432 g/mol. The van der Waals surface area contributed by atoms with E-state index in [0.29, 0.717) is 31.7 Å². The van der Waals surface area contributed by atoms with Crippen molar-refractivity contribution in [3.8, 4) is 5.75 Å². The quantitative estimate of drug-likeness (QED) is 0.669. The fourth-order valence-corrected chi connectivity index (χ4v) is 5.55. The number of nitrogens with one attached hydrogen (secondary N) is 1. The number of carbonyl (C=O) groups is 1. The first-order valence-electron chi connectivity index (χ1n) is 9.27. The number of hydrogen-bond acceptors (Lipinski definition) is 6. The smallest absolute Gasteiger partial charge is 0.243 e. The first-order valence-corrected chi connectivity index (χ1v) is 11.5. The number of benzene rings is 2. The first-order chi connectivity index (χ1) is 14.0. The summed E-state index contributed by atoms with van der Waals surface area (Å²) in [5, 5.41) is 3.94. The van der Waals surface area contributed by atoms with E-state index in [1.165, 1.54) is 22.9 Å². The van der Waals surface area contributed by atoms with Gasteiger partial charge in [0.2, 0.25) is 15.9 Å². The van der Waals surface area contributed by atoms with E-state index < -0.39 is 10.0 Å². The molecule has 1 aromatic heterocycles. The van der Waals surface area contributed by atoms with E-state index in [4.69, 9.17) is 4.74 Å². The highest BCUT2D eigenvalue weighted by molar-refractivity contribution is 7.89. The number of nitrogens with zero attached hydrogens (tertiary/aromatic N) is 2. The molecular formula is C20H21N3O4S2. The van der Waals surface area contributed by atoms with Crippen molar-refractivity contribution < 1.29 is 17.9 Å². The van der Waals surface area contributed by atoms with E-state index in [9.17, 15) is 13.2 Å². The SMILES string of the molecule is COc1ccc(S(=O)(=O)N2CCC(C(=O)Nc3ccc4sncc4c3)CC2)cc1. The molecule has 1 amide bonds. The molecule has 1 aliphatic rings. The molecule has 0 saturated carbocycles. The van der Waals surface area contributed by atoms with Crippen molar-refractivity contribution in [1.82, 2.24) is 8.68 Å². The van der Waals surface area contributed by atoms with Crippen LogP contribution in [-0.2, 0) is 14.8 Å². The summed E-state index contributed by atoms with van der Waals surface area (Å²) >= 11 is 1.41. The van der Waals surface area contributed by atoms with Crippen molar-refractivity contribution in [1.29, 1.82) is 0 Å². The molecule has 2 aromatic carbocycles. The second-order valence-electron chi connectivity index (χ2n) is 6.92. The molecule has 4 rings (SSSR count). The first kappa shape index (κ1) is 19.8. The number of rotatable bonds is 5. The zero-order valence-corrected chi connectivity index (χ0v) is 17.5. The topological polar surface area (TPSA) is 88.6 Å². The number of hydrogen-bond donors (Lipinski definition) is 1. The zero-order valence-electron chi connectivity index (χ0n) is 15.9. The second-order valence-corrected chi connectivity index (χ2v) is 9.69. The van der Waals surface area contributed by atoms with Crippen LogP contribution in [0.15, 0.2) is 53.6 Å². The standard InChI is InChI=1S/C20H21N3O4S2/c1-27-17-3-5-18(6-4-17)29(25,26)23-10-8-14(9-11-23)20(24)22-16-2-7-19-15(12-16)13-21-28-19/h2-7,12-14H,8-11H2,1H3,(H,22,24). The molecule has 152 valence electrons. The lowest BCUT2D eigenvalue weighted by Crippen LogP contribution is -2.41. The van der Waals surface area contributed by atoms with Crippen LogP contribution in [-0.4, -0.2) is 43.2 Å². The van der Waals surface area contributed by atoms with Gasteiger partial charge < -0.3 is 10.1 Å². The third-order valence-corrected chi connectivity index (χ3v) is 7.83. The summed E-state index contributed by atoms with van der Waals surface area (Å²) in [5.74, 6) is 0.318. The highest BCUT2D eigenvalue weighted by atomic mass is 32.2. The summed E-state index contributed by atoms with van der Waals surface area (Å²) in [6.07, 6.45) is 2.76. The van der Waals surface area contributed by atoms with Crippen LogP contribution in [0.4, 0.5) is 5.69 Å². The number of piperidine rings is 1. The summed E-state index contributed by atoms with van der Waals surface area (Å²) < 4.78 is 37.4. The minimum absolute atomic E-state index is 0.0750. The minimum atomic E-state index is -3.57. The molecule has 29 heavy (non-hydrogen) atoms. The molecule has 0 radical (unpaired) electrons. The van der Waals surface area contributed by atoms with Crippen molar-refractivity contribution >= 4 is 43.2 Å². The number of carbonyl (C=O) groups excluding carboxylic acids is 1. The number of aromatic nitrogens is 1. The third-order valence-electron chi connectivity index (χ3n) is 5.14. The Hall–Kier alpha value is -2.49. The summed E-state index contributed by atoms with van der Waals surface area (Å²) in [4.78, 5) is 12.9. The molecular weight excluding hydrogens is 410 g/mol. The van der Waals surface area contributed by atoms with Crippen LogP contribution in [0.2, 0.25) is 0 Å². The lowest BCUT2D eigenvalue weighted by Gasteiger charge is -2.30. The monoisotopic (exact) mass is 431 g/mol. The molecule has 1 N–H and O–H groups in total. The van der Waals surface area contributed by atoms with Crippen LogP contribution in [0.5, 0.6) is 5.75 Å². The predicted molar refractivity (Wildman–Crippen MR) is 113 cm³/mol. The van der Waals surface area contributed by atoms with Crippen LogP contribution >= 0.6 is 11.5 Å². The molecule has 1 aliphatic heterocycles. The minimum Gasteiger partial charge on any atom is -0.497 e. The summed E-state index contributed by atoms with van der Waals surface area (Å²) in [5.41, 5.74) is 0.732. The van der Waals surface area contributed by atoms with Gasteiger partial charge in [-0.2, -0.15) is 8.68 Å². The van der Waals surface area contributed by atoms with E-state index in [0.717, 1.165) is 15.8 Å². The Morgan fingerprint density at radius 3 is 2.59 bits per heavy atom. The number of fused-ring (bicyclic) bond motifs is 1. The van der Waals surface area contributed by atoms with Crippen molar-refractivity contribution in [3.63, 3.8) is 0 Å². The molecule has 0 unspecified atom stereocenters. The zero-order chi connectivity index (χ0) is 20.4. The Labute approximate surface area is 173 Å². The number of amides is 1. The van der Waals surface area contributed by atoms with Crippen molar-refractivity contribution in [2.45, 2.75) is 17.7 Å². The van der Waals surface area contributed by atoms with E-state index in [2.05, 4.69) is 9.69 Å². The predicted octanol–water partition coefficient (Wildman–Crippen LogP) is 3.34. The van der Waals surface area contributed by atoms with Gasteiger partial charge in [-0.1, -0.05) is 0 Å². The van der Waals surface area contributed by atoms with Gasteiger partial charge in [0.1, 0.15) is 5.75 Å². The van der Waals surface area contributed by atoms with E-state index in [-0.39, 0.29) is 16.7 Å². The van der Waals surface area contributed by atoms with Gasteiger partial charge in [0.05, 0.1) is 16.7 Å². The van der Waals surface area contributed by atoms with Crippen molar-refractivity contribution in [2.24, 2.45) is 5.92 Å². The maximum atomic E-state index is 12.8. The van der Waals surface area contributed by atoms with Crippen LogP contribution in [0.3, 0.4) is 0 Å². The molecule has 0 spiro atoms. The fourth-order valence-electron chi connectivity index (χ4n) is 3.45. The maximum Gasteiger partial charge on any atom is 0.243 e. The van der Waals surface area contributed by atoms with Gasteiger partial charge in [-0.3, -0.25) is 4.79 Å².